The van der Waals surface area contributed by atoms with Crippen molar-refractivity contribution in [2.75, 3.05) is 11.1 Å². The van der Waals surface area contributed by atoms with Crippen molar-refractivity contribution in [2.45, 2.75) is 6.54 Å². The van der Waals surface area contributed by atoms with Crippen molar-refractivity contribution in [3.05, 3.63) is 54.2 Å². The number of rotatable bonds is 4. The van der Waals surface area contributed by atoms with E-state index in [2.05, 4.69) is 15.3 Å². The fraction of sp³-hybridized carbons (Fsp3) is 0.0667. The van der Waals surface area contributed by atoms with Crippen molar-refractivity contribution in [1.82, 2.24) is 9.97 Å². The fourth-order valence-electron chi connectivity index (χ4n) is 2.19. The Labute approximate surface area is 127 Å². The molecule has 0 fully saturated rings. The molecular weight excluding hydrogens is 279 g/mol. The zero-order valence-corrected chi connectivity index (χ0v) is 11.8. The van der Waals surface area contributed by atoms with Crippen molar-refractivity contribution >= 4 is 35.1 Å². The van der Waals surface area contributed by atoms with Crippen LogP contribution in [0.3, 0.4) is 0 Å². The summed E-state index contributed by atoms with van der Waals surface area (Å²) in [5.41, 5.74) is 8.44. The number of hydrogen-bond acceptors (Lipinski definition) is 6. The summed E-state index contributed by atoms with van der Waals surface area (Å²) in [6, 6.07) is 12.9. The second kappa shape index (κ2) is 6.01. The van der Waals surface area contributed by atoms with E-state index in [0.717, 1.165) is 16.5 Å². The molecule has 0 aliphatic carbocycles. The molecule has 2 aromatic heterocycles. The Hall–Kier alpha value is -2.64. The summed E-state index contributed by atoms with van der Waals surface area (Å²) in [4.78, 5) is 8.38. The Morgan fingerprint density at radius 3 is 2.82 bits per heavy atom. The molecule has 0 spiro atoms. The average Bonchev–Trinajstić information content (AvgIpc) is 2.53. The van der Waals surface area contributed by atoms with E-state index in [-0.39, 0.29) is 5.59 Å². The van der Waals surface area contributed by atoms with Gasteiger partial charge in [0.15, 0.2) is 0 Å². The minimum atomic E-state index is -1.62. The highest BCUT2D eigenvalue weighted by Gasteiger charge is 2.14. The van der Waals surface area contributed by atoms with Crippen LogP contribution in [0.5, 0.6) is 0 Å². The maximum absolute atomic E-state index is 9.16. The van der Waals surface area contributed by atoms with Crippen molar-refractivity contribution in [3.8, 4) is 0 Å². The number of pyridine rings is 2. The summed E-state index contributed by atoms with van der Waals surface area (Å²) < 4.78 is 0. The predicted molar refractivity (Wildman–Crippen MR) is 87.5 cm³/mol. The molecule has 0 amide bonds. The molecule has 0 aliphatic heterocycles. The van der Waals surface area contributed by atoms with E-state index in [0.29, 0.717) is 18.1 Å². The Morgan fingerprint density at radius 2 is 2.00 bits per heavy atom. The number of nitrogens with one attached hydrogen (secondary N) is 1. The quantitative estimate of drug-likeness (QED) is 0.522. The van der Waals surface area contributed by atoms with Crippen LogP contribution in [0, 0.1) is 0 Å². The lowest BCUT2D eigenvalue weighted by atomic mass is 9.85. The fourth-order valence-corrected chi connectivity index (χ4v) is 2.19. The van der Waals surface area contributed by atoms with Gasteiger partial charge in [0.2, 0.25) is 0 Å². The largest absolute Gasteiger partial charge is 0.508 e. The zero-order valence-electron chi connectivity index (χ0n) is 11.8. The first kappa shape index (κ1) is 14.3. The number of nitrogens with two attached hydrogens (primary N) is 1. The third-order valence-corrected chi connectivity index (χ3v) is 3.34. The van der Waals surface area contributed by atoms with Crippen LogP contribution >= 0.6 is 0 Å². The third-order valence-electron chi connectivity index (χ3n) is 3.34. The molecule has 5 N–H and O–H groups in total. The first-order valence-electron chi connectivity index (χ1n) is 6.83. The number of fused-ring (bicyclic) bond motifs is 1. The van der Waals surface area contributed by atoms with Gasteiger partial charge in [-0.05, 0) is 35.9 Å². The second-order valence-corrected chi connectivity index (χ2v) is 4.93. The SMILES string of the molecule is Nc1ccc(B(O)O)nc1NCc1ccc2ncccc2c1. The van der Waals surface area contributed by atoms with Crippen molar-refractivity contribution in [3.63, 3.8) is 0 Å². The summed E-state index contributed by atoms with van der Waals surface area (Å²) in [7, 11) is -1.62. The van der Waals surface area contributed by atoms with E-state index >= 15 is 0 Å². The Balaban J connectivity index is 1.80. The van der Waals surface area contributed by atoms with Crippen LogP contribution in [-0.2, 0) is 6.54 Å². The topological polar surface area (TPSA) is 104 Å². The summed E-state index contributed by atoms with van der Waals surface area (Å²) >= 11 is 0. The van der Waals surface area contributed by atoms with Crippen LogP contribution in [0.15, 0.2) is 48.7 Å². The predicted octanol–water partition coefficient (Wildman–Crippen LogP) is 0.504. The minimum Gasteiger partial charge on any atom is -0.422 e. The lowest BCUT2D eigenvalue weighted by molar-refractivity contribution is 0.424. The van der Waals surface area contributed by atoms with Gasteiger partial charge in [-0.15, -0.1) is 0 Å². The Morgan fingerprint density at radius 1 is 1.14 bits per heavy atom. The molecule has 1 aromatic carbocycles. The molecule has 0 bridgehead atoms. The van der Waals surface area contributed by atoms with Crippen LogP contribution in [0.1, 0.15) is 5.56 Å². The van der Waals surface area contributed by atoms with Gasteiger partial charge in [0.05, 0.1) is 16.8 Å². The van der Waals surface area contributed by atoms with Crippen LogP contribution in [0.2, 0.25) is 0 Å². The molecule has 22 heavy (non-hydrogen) atoms. The lowest BCUT2D eigenvalue weighted by Gasteiger charge is -2.10. The molecule has 0 saturated heterocycles. The highest BCUT2D eigenvalue weighted by Crippen LogP contribution is 2.17. The summed E-state index contributed by atoms with van der Waals surface area (Å²) in [5.74, 6) is 0.428. The molecule has 0 saturated carbocycles. The van der Waals surface area contributed by atoms with Crippen LogP contribution in [0.25, 0.3) is 10.9 Å². The molecule has 3 rings (SSSR count). The Bertz CT molecular complexity index is 810. The van der Waals surface area contributed by atoms with Gasteiger partial charge < -0.3 is 21.1 Å². The van der Waals surface area contributed by atoms with Gasteiger partial charge in [0, 0.05) is 18.1 Å². The molecule has 6 nitrogen and oxygen atoms in total. The number of nitrogens with zero attached hydrogens (tertiary/aromatic N) is 2. The summed E-state index contributed by atoms with van der Waals surface area (Å²) in [5, 5.41) is 22.5. The van der Waals surface area contributed by atoms with Gasteiger partial charge in [-0.2, -0.15) is 0 Å². The van der Waals surface area contributed by atoms with Crippen molar-refractivity contribution in [1.29, 1.82) is 0 Å². The van der Waals surface area contributed by atoms with E-state index in [1.54, 1.807) is 12.3 Å². The molecule has 0 radical (unpaired) electrons. The van der Waals surface area contributed by atoms with Gasteiger partial charge in [-0.25, -0.2) is 4.98 Å². The Kier molecular flexibility index (Phi) is 3.91. The first-order valence-corrected chi connectivity index (χ1v) is 6.83. The average molecular weight is 294 g/mol. The monoisotopic (exact) mass is 294 g/mol. The van der Waals surface area contributed by atoms with E-state index in [9.17, 15) is 0 Å². The number of anilines is 2. The van der Waals surface area contributed by atoms with Gasteiger partial charge in [0.25, 0.3) is 0 Å². The minimum absolute atomic E-state index is 0.152. The number of nitrogen functional groups attached to an aromatic ring is 1. The van der Waals surface area contributed by atoms with Crippen molar-refractivity contribution in [2.24, 2.45) is 0 Å². The molecule has 7 heteroatoms. The van der Waals surface area contributed by atoms with Crippen molar-refractivity contribution < 1.29 is 10.0 Å². The second-order valence-electron chi connectivity index (χ2n) is 4.93. The molecule has 2 heterocycles. The lowest BCUT2D eigenvalue weighted by Crippen LogP contribution is -2.33. The van der Waals surface area contributed by atoms with E-state index in [4.69, 9.17) is 15.8 Å². The van der Waals surface area contributed by atoms with Crippen LogP contribution in [0.4, 0.5) is 11.5 Å². The molecule has 0 unspecified atom stereocenters. The first-order chi connectivity index (χ1) is 10.6. The molecular formula is C15H15BN4O2. The summed E-state index contributed by atoms with van der Waals surface area (Å²) in [6.07, 6.45) is 1.76. The maximum atomic E-state index is 9.16. The standard InChI is InChI=1S/C15H15BN4O2/c17-12-4-6-14(16(21)22)20-15(12)19-9-10-3-5-13-11(8-10)2-1-7-18-13/h1-8,21-22H,9,17H2,(H,19,20). The molecule has 3 aromatic rings. The van der Waals surface area contributed by atoms with E-state index in [1.165, 1.54) is 6.07 Å². The van der Waals surface area contributed by atoms with Gasteiger partial charge in [-0.1, -0.05) is 12.1 Å². The normalized spacial score (nSPS) is 10.6. The third kappa shape index (κ3) is 3.00. The smallest absolute Gasteiger partial charge is 0.422 e. The van der Waals surface area contributed by atoms with Gasteiger partial charge in [-0.3, -0.25) is 4.98 Å². The van der Waals surface area contributed by atoms with Crippen LogP contribution in [-0.4, -0.2) is 27.1 Å². The number of benzene rings is 1. The van der Waals surface area contributed by atoms with Gasteiger partial charge in [0.1, 0.15) is 5.82 Å². The van der Waals surface area contributed by atoms with E-state index in [1.807, 2.05) is 30.3 Å². The molecule has 0 aliphatic rings. The zero-order chi connectivity index (χ0) is 15.5. The number of hydrogen-bond donors (Lipinski definition) is 4. The highest BCUT2D eigenvalue weighted by atomic mass is 16.4. The number of aromatic nitrogens is 2. The molecule has 0 atom stereocenters. The maximum Gasteiger partial charge on any atom is 0.508 e. The van der Waals surface area contributed by atoms with Gasteiger partial charge >= 0.3 is 7.12 Å². The summed E-state index contributed by atoms with van der Waals surface area (Å²) in [6.45, 7) is 0.521. The molecule has 110 valence electrons. The van der Waals surface area contributed by atoms with E-state index < -0.39 is 7.12 Å². The van der Waals surface area contributed by atoms with Crippen LogP contribution < -0.4 is 16.6 Å². The highest BCUT2D eigenvalue weighted by molar-refractivity contribution is 6.57.